The molecule has 0 amide bonds. The average Bonchev–Trinajstić information content (AvgIpc) is 3.34. The molecule has 2 aromatic heterocycles. The number of para-hydroxylation sites is 1. The highest BCUT2D eigenvalue weighted by Crippen LogP contribution is 2.39. The van der Waals surface area contributed by atoms with E-state index in [1.807, 2.05) is 43.3 Å². The summed E-state index contributed by atoms with van der Waals surface area (Å²) in [5, 5.41) is 7.38. The lowest BCUT2D eigenvalue weighted by molar-refractivity contribution is 0.318. The smallest absolute Gasteiger partial charge is 0.239 e. The normalized spacial score (nSPS) is 15.3. The van der Waals surface area contributed by atoms with Crippen molar-refractivity contribution in [3.63, 3.8) is 0 Å². The van der Waals surface area contributed by atoms with Crippen molar-refractivity contribution in [1.82, 2.24) is 8.54 Å². The van der Waals surface area contributed by atoms with Crippen molar-refractivity contribution in [3.05, 3.63) is 71.5 Å². The summed E-state index contributed by atoms with van der Waals surface area (Å²) >= 11 is 7.99. The van der Waals surface area contributed by atoms with Crippen molar-refractivity contribution in [2.45, 2.75) is 55.4 Å². The molecule has 178 valence electrons. The van der Waals surface area contributed by atoms with Crippen LogP contribution in [-0.2, 0) is 16.6 Å². The lowest BCUT2D eigenvalue weighted by Crippen LogP contribution is -2.17. The van der Waals surface area contributed by atoms with Gasteiger partial charge in [0.15, 0.2) is 0 Å². The van der Waals surface area contributed by atoms with Crippen molar-refractivity contribution >= 4 is 44.5 Å². The fourth-order valence-electron chi connectivity index (χ4n) is 5.05. The van der Waals surface area contributed by atoms with E-state index in [2.05, 4.69) is 26.9 Å². The largest absolute Gasteiger partial charge is 0.343 e. The summed E-state index contributed by atoms with van der Waals surface area (Å²) in [6, 6.07) is 17.7. The second-order valence-corrected chi connectivity index (χ2v) is 12.0. The number of hydrogen-bond acceptors (Lipinski definition) is 3. The summed E-state index contributed by atoms with van der Waals surface area (Å²) in [7, 11) is -3.83. The highest BCUT2D eigenvalue weighted by atomic mass is 35.5. The van der Waals surface area contributed by atoms with Crippen LogP contribution >= 0.6 is 23.5 Å². The van der Waals surface area contributed by atoms with Gasteiger partial charge in [0.1, 0.15) is 4.90 Å². The number of nitrogens with two attached hydrogens (primary N) is 1. The van der Waals surface area contributed by atoms with Crippen LogP contribution in [0, 0.1) is 12.8 Å². The molecule has 8 heteroatoms. The molecular formula is C26H28ClN3O2S2. The first-order valence-corrected chi connectivity index (χ1v) is 14.3. The van der Waals surface area contributed by atoms with Gasteiger partial charge in [-0.25, -0.2) is 13.6 Å². The zero-order chi connectivity index (χ0) is 23.9. The second-order valence-electron chi connectivity index (χ2n) is 9.05. The number of halogens is 1. The molecule has 2 heterocycles. The number of rotatable bonds is 6. The molecule has 1 aliphatic rings. The van der Waals surface area contributed by atoms with E-state index in [9.17, 15) is 8.42 Å². The van der Waals surface area contributed by atoms with E-state index in [0.717, 1.165) is 33.6 Å². The predicted octanol–water partition coefficient (Wildman–Crippen LogP) is 6.85. The van der Waals surface area contributed by atoms with E-state index in [0.29, 0.717) is 16.6 Å². The Morgan fingerprint density at radius 1 is 1.06 bits per heavy atom. The Morgan fingerprint density at radius 2 is 1.76 bits per heavy atom. The average molecular weight is 514 g/mol. The van der Waals surface area contributed by atoms with Gasteiger partial charge in [-0.1, -0.05) is 61.2 Å². The SMILES string of the molecule is Cc1c(S(N)(=O)=O)cc(-c2cn(Sc3ccccc3Cl)c3ccccc23)n1CC1CCCCC1. The third-order valence-corrected chi connectivity index (χ3v) is 9.30. The Labute approximate surface area is 210 Å². The number of benzene rings is 2. The molecule has 0 spiro atoms. The van der Waals surface area contributed by atoms with Gasteiger partial charge in [-0.2, -0.15) is 0 Å². The van der Waals surface area contributed by atoms with Gasteiger partial charge in [0.25, 0.3) is 0 Å². The first kappa shape index (κ1) is 23.5. The van der Waals surface area contributed by atoms with Gasteiger partial charge >= 0.3 is 0 Å². The van der Waals surface area contributed by atoms with Gasteiger partial charge < -0.3 is 4.57 Å². The molecule has 4 aromatic rings. The zero-order valence-electron chi connectivity index (χ0n) is 19.1. The lowest BCUT2D eigenvalue weighted by atomic mass is 9.89. The maximum absolute atomic E-state index is 12.4. The first-order chi connectivity index (χ1) is 16.3. The van der Waals surface area contributed by atoms with Crippen LogP contribution in [0.15, 0.2) is 70.6 Å². The molecule has 1 aliphatic carbocycles. The third kappa shape index (κ3) is 4.54. The summed E-state index contributed by atoms with van der Waals surface area (Å²) in [5.41, 5.74) is 3.63. The maximum Gasteiger partial charge on any atom is 0.239 e. The Kier molecular flexibility index (Phi) is 6.55. The van der Waals surface area contributed by atoms with Crippen molar-refractivity contribution in [1.29, 1.82) is 0 Å². The van der Waals surface area contributed by atoms with E-state index in [1.165, 1.54) is 32.1 Å². The summed E-state index contributed by atoms with van der Waals surface area (Å²) < 4.78 is 29.1. The molecule has 5 rings (SSSR count). The van der Waals surface area contributed by atoms with Gasteiger partial charge in [0.05, 0.1) is 16.2 Å². The fraction of sp³-hybridized carbons (Fsp3) is 0.308. The standard InChI is InChI=1S/C26H28ClN3O2S2/c1-18-26(34(28,31)32)15-24(29(18)16-19-9-3-2-4-10-19)21-17-30(23-13-7-5-11-20(21)23)33-25-14-8-6-12-22(25)27/h5-8,11-15,17,19H,2-4,9-10,16H2,1H3,(H2,28,31,32). The monoisotopic (exact) mass is 513 g/mol. The van der Waals surface area contributed by atoms with Crippen LogP contribution in [0.4, 0.5) is 0 Å². The molecule has 1 saturated carbocycles. The topological polar surface area (TPSA) is 70.0 Å². The highest BCUT2D eigenvalue weighted by Gasteiger charge is 2.25. The van der Waals surface area contributed by atoms with Gasteiger partial charge in [0, 0.05) is 34.3 Å². The van der Waals surface area contributed by atoms with E-state index in [4.69, 9.17) is 16.7 Å². The van der Waals surface area contributed by atoms with Crippen LogP contribution in [0.25, 0.3) is 22.2 Å². The Hall–Kier alpha value is -2.19. The summed E-state index contributed by atoms with van der Waals surface area (Å²) in [6.07, 6.45) is 8.17. The van der Waals surface area contributed by atoms with Crippen LogP contribution in [0.1, 0.15) is 37.8 Å². The van der Waals surface area contributed by atoms with Gasteiger partial charge in [0.2, 0.25) is 10.0 Å². The van der Waals surface area contributed by atoms with Crippen LogP contribution in [0.3, 0.4) is 0 Å². The van der Waals surface area contributed by atoms with Crippen LogP contribution in [-0.4, -0.2) is 17.0 Å². The number of aromatic nitrogens is 2. The number of fused-ring (bicyclic) bond motifs is 1. The van der Waals surface area contributed by atoms with E-state index < -0.39 is 10.0 Å². The first-order valence-electron chi connectivity index (χ1n) is 11.6. The van der Waals surface area contributed by atoms with Crippen LogP contribution < -0.4 is 5.14 Å². The maximum atomic E-state index is 12.4. The number of sulfonamides is 1. The third-order valence-electron chi connectivity index (χ3n) is 6.78. The molecular weight excluding hydrogens is 486 g/mol. The summed E-state index contributed by atoms with van der Waals surface area (Å²) in [6.45, 7) is 2.66. The highest BCUT2D eigenvalue weighted by molar-refractivity contribution is 7.98. The van der Waals surface area contributed by atoms with Crippen molar-refractivity contribution in [3.8, 4) is 11.3 Å². The van der Waals surface area contributed by atoms with Crippen LogP contribution in [0.5, 0.6) is 0 Å². The lowest BCUT2D eigenvalue weighted by Gasteiger charge is -2.24. The molecule has 0 unspecified atom stereocenters. The van der Waals surface area contributed by atoms with Crippen molar-refractivity contribution in [2.24, 2.45) is 11.1 Å². The molecule has 0 saturated heterocycles. The zero-order valence-corrected chi connectivity index (χ0v) is 21.5. The predicted molar refractivity (Wildman–Crippen MR) is 141 cm³/mol. The number of primary sulfonamides is 1. The van der Waals surface area contributed by atoms with Crippen molar-refractivity contribution in [2.75, 3.05) is 0 Å². The quantitative estimate of drug-likeness (QED) is 0.306. The Balaban J connectivity index is 1.66. The van der Waals surface area contributed by atoms with Crippen molar-refractivity contribution < 1.29 is 8.42 Å². The molecule has 5 nitrogen and oxygen atoms in total. The molecule has 0 bridgehead atoms. The molecule has 0 aliphatic heterocycles. The van der Waals surface area contributed by atoms with E-state index >= 15 is 0 Å². The molecule has 0 atom stereocenters. The fourth-order valence-corrected chi connectivity index (χ4v) is 7.01. The second kappa shape index (κ2) is 9.46. The molecule has 34 heavy (non-hydrogen) atoms. The van der Waals surface area contributed by atoms with Gasteiger partial charge in [-0.15, -0.1) is 0 Å². The minimum atomic E-state index is -3.83. The van der Waals surface area contributed by atoms with E-state index in [-0.39, 0.29) is 4.90 Å². The van der Waals surface area contributed by atoms with Gasteiger partial charge in [-0.3, -0.25) is 3.97 Å². The Bertz CT molecular complexity index is 1450. The van der Waals surface area contributed by atoms with Gasteiger partial charge in [-0.05, 0) is 61.9 Å². The summed E-state index contributed by atoms with van der Waals surface area (Å²) in [5.74, 6) is 0.540. The minimum absolute atomic E-state index is 0.203. The summed E-state index contributed by atoms with van der Waals surface area (Å²) in [4.78, 5) is 1.16. The number of hydrogen-bond donors (Lipinski definition) is 1. The molecule has 2 N–H and O–H groups in total. The number of nitrogens with zero attached hydrogens (tertiary/aromatic N) is 2. The minimum Gasteiger partial charge on any atom is -0.343 e. The molecule has 1 fully saturated rings. The molecule has 2 aromatic carbocycles. The molecule has 0 radical (unpaired) electrons. The Morgan fingerprint density at radius 3 is 2.50 bits per heavy atom. The van der Waals surface area contributed by atoms with Crippen LogP contribution in [0.2, 0.25) is 5.02 Å². The van der Waals surface area contributed by atoms with E-state index in [1.54, 1.807) is 18.0 Å².